The zero-order chi connectivity index (χ0) is 21.7. The first-order chi connectivity index (χ1) is 13.6. The molecule has 1 saturated heterocycles. The van der Waals surface area contributed by atoms with Crippen molar-refractivity contribution in [2.75, 3.05) is 13.2 Å². The van der Waals surface area contributed by atoms with Crippen molar-refractivity contribution in [1.29, 1.82) is 0 Å². The Morgan fingerprint density at radius 3 is 2.59 bits per heavy atom. The number of carbonyl (C=O) groups excluding carboxylic acids is 3. The van der Waals surface area contributed by atoms with E-state index in [4.69, 9.17) is 4.74 Å². The van der Waals surface area contributed by atoms with Crippen molar-refractivity contribution in [3.63, 3.8) is 0 Å². The molecule has 0 saturated carbocycles. The Morgan fingerprint density at radius 2 is 2.03 bits per heavy atom. The number of carbonyl (C=O) groups is 4. The van der Waals surface area contributed by atoms with Crippen molar-refractivity contribution in [1.82, 2.24) is 15.2 Å². The molecule has 9 heteroatoms. The smallest absolute Gasteiger partial charge is 0.326 e. The van der Waals surface area contributed by atoms with Crippen LogP contribution in [-0.2, 0) is 19.1 Å². The van der Waals surface area contributed by atoms with Crippen molar-refractivity contribution in [2.24, 2.45) is 0 Å². The first kappa shape index (κ1) is 22.6. The summed E-state index contributed by atoms with van der Waals surface area (Å²) in [7, 11) is 0. The number of aryl methyl sites for hydroxylation is 2. The van der Waals surface area contributed by atoms with E-state index in [1.54, 1.807) is 26.8 Å². The minimum atomic E-state index is -1.04. The number of aliphatic carboxylic acids is 1. The van der Waals surface area contributed by atoms with Crippen LogP contribution >= 0.6 is 0 Å². The average molecular weight is 407 g/mol. The second kappa shape index (κ2) is 9.69. The fraction of sp³-hybridized carbons (Fsp3) is 0.600. The molecule has 1 unspecified atom stereocenters. The number of ketones is 1. The van der Waals surface area contributed by atoms with Crippen LogP contribution in [0.2, 0.25) is 0 Å². The molecule has 2 heterocycles. The summed E-state index contributed by atoms with van der Waals surface area (Å²) in [5.74, 6) is -2.33. The number of hydrogen-bond donors (Lipinski definition) is 3. The van der Waals surface area contributed by atoms with Gasteiger partial charge >= 0.3 is 11.9 Å². The van der Waals surface area contributed by atoms with Crippen LogP contribution in [0, 0.1) is 13.8 Å². The van der Waals surface area contributed by atoms with E-state index in [1.165, 1.54) is 4.90 Å². The minimum Gasteiger partial charge on any atom is -0.480 e. The lowest BCUT2D eigenvalue weighted by Gasteiger charge is -2.27. The van der Waals surface area contributed by atoms with Gasteiger partial charge in [0, 0.05) is 29.9 Å². The number of ether oxygens (including phenoxy) is 1. The van der Waals surface area contributed by atoms with Crippen molar-refractivity contribution < 1.29 is 29.0 Å². The Kier molecular flexibility index (Phi) is 7.55. The highest BCUT2D eigenvalue weighted by Gasteiger charge is 2.37. The van der Waals surface area contributed by atoms with Gasteiger partial charge in [-0.05, 0) is 46.6 Å². The van der Waals surface area contributed by atoms with Crippen LogP contribution in [-0.4, -0.2) is 69.9 Å². The van der Waals surface area contributed by atoms with Gasteiger partial charge in [0.05, 0.1) is 12.6 Å². The number of aromatic nitrogens is 1. The highest BCUT2D eigenvalue weighted by Crippen LogP contribution is 2.19. The molecule has 1 aromatic rings. The maximum atomic E-state index is 12.7. The zero-order valence-electron chi connectivity index (χ0n) is 17.3. The number of H-pyrrole nitrogens is 1. The fourth-order valence-electron chi connectivity index (χ4n) is 3.67. The maximum absolute atomic E-state index is 12.7. The van der Waals surface area contributed by atoms with E-state index in [2.05, 4.69) is 10.3 Å². The quantitative estimate of drug-likeness (QED) is 0.414. The van der Waals surface area contributed by atoms with Gasteiger partial charge in [0.15, 0.2) is 5.78 Å². The molecule has 1 fully saturated rings. The number of carboxylic acids is 1. The summed E-state index contributed by atoms with van der Waals surface area (Å²) >= 11 is 0. The van der Waals surface area contributed by atoms with Crippen LogP contribution in [0.4, 0.5) is 0 Å². The normalized spacial score (nSPS) is 18.3. The van der Waals surface area contributed by atoms with Crippen LogP contribution in [0.1, 0.15) is 54.9 Å². The summed E-state index contributed by atoms with van der Waals surface area (Å²) in [5.41, 5.74) is 2.03. The number of nitrogens with one attached hydrogen (secondary N) is 2. The number of esters is 1. The highest BCUT2D eigenvalue weighted by molar-refractivity contribution is 6.00. The average Bonchev–Trinajstić information content (AvgIpc) is 3.26. The standard InChI is InChI=1S/C20H29N3O6/c1-5-29-20(28)15(10-17(24)14-9-11(2)21-12(14)3)22-13(4)18(25)23-8-6-7-16(23)19(26)27/h9,13,15-16,21-22H,5-8,10H2,1-4H3,(H,26,27)/t13-,15?,16-/m0/s1. The molecule has 0 aliphatic carbocycles. The highest BCUT2D eigenvalue weighted by atomic mass is 16.5. The lowest BCUT2D eigenvalue weighted by atomic mass is 10.0. The van der Waals surface area contributed by atoms with Gasteiger partial charge in [-0.15, -0.1) is 0 Å². The Bertz CT molecular complexity index is 787. The number of Topliss-reactive ketones (excluding diaryl/α,β-unsaturated/α-hetero) is 1. The molecular formula is C20H29N3O6. The van der Waals surface area contributed by atoms with Gasteiger partial charge in [0.1, 0.15) is 12.1 Å². The van der Waals surface area contributed by atoms with E-state index in [-0.39, 0.29) is 18.8 Å². The van der Waals surface area contributed by atoms with Gasteiger partial charge in [-0.2, -0.15) is 0 Å². The zero-order valence-corrected chi connectivity index (χ0v) is 17.3. The Balaban J connectivity index is 2.12. The van der Waals surface area contributed by atoms with E-state index in [1.807, 2.05) is 6.92 Å². The molecule has 1 amide bonds. The van der Waals surface area contributed by atoms with E-state index in [0.29, 0.717) is 30.6 Å². The predicted molar refractivity (Wildman–Crippen MR) is 105 cm³/mol. The third kappa shape index (κ3) is 5.44. The number of carboxylic acid groups (broad SMARTS) is 1. The molecule has 3 atom stereocenters. The van der Waals surface area contributed by atoms with Gasteiger partial charge in [-0.3, -0.25) is 19.7 Å². The molecule has 0 radical (unpaired) electrons. The van der Waals surface area contributed by atoms with Crippen LogP contribution < -0.4 is 5.32 Å². The monoisotopic (exact) mass is 407 g/mol. The molecule has 9 nitrogen and oxygen atoms in total. The summed E-state index contributed by atoms with van der Waals surface area (Å²) in [6.45, 7) is 7.32. The molecule has 1 aliphatic heterocycles. The molecule has 0 aromatic carbocycles. The van der Waals surface area contributed by atoms with Crippen molar-refractivity contribution in [3.8, 4) is 0 Å². The lowest BCUT2D eigenvalue weighted by molar-refractivity contribution is -0.150. The third-order valence-corrected chi connectivity index (χ3v) is 5.05. The largest absolute Gasteiger partial charge is 0.480 e. The summed E-state index contributed by atoms with van der Waals surface area (Å²) in [6, 6.07) is -0.996. The molecule has 0 bridgehead atoms. The van der Waals surface area contributed by atoms with Gasteiger partial charge in [0.25, 0.3) is 0 Å². The van der Waals surface area contributed by atoms with E-state index in [9.17, 15) is 24.3 Å². The number of amides is 1. The van der Waals surface area contributed by atoms with Crippen LogP contribution in [0.5, 0.6) is 0 Å². The number of nitrogens with zero attached hydrogens (tertiary/aromatic N) is 1. The SMILES string of the molecule is CCOC(=O)C(CC(=O)c1cc(C)[nH]c1C)N[C@@H](C)C(=O)N1CCC[C@H]1C(=O)O. The van der Waals surface area contributed by atoms with Gasteiger partial charge in [0.2, 0.25) is 5.91 Å². The molecule has 160 valence electrons. The van der Waals surface area contributed by atoms with Gasteiger partial charge in [-0.25, -0.2) is 4.79 Å². The minimum absolute atomic E-state index is 0.142. The fourth-order valence-corrected chi connectivity index (χ4v) is 3.67. The van der Waals surface area contributed by atoms with Gasteiger partial charge < -0.3 is 19.7 Å². The first-order valence-corrected chi connectivity index (χ1v) is 9.81. The van der Waals surface area contributed by atoms with Crippen molar-refractivity contribution in [2.45, 2.75) is 65.1 Å². The summed E-state index contributed by atoms with van der Waals surface area (Å²) in [6.07, 6.45) is 0.845. The first-order valence-electron chi connectivity index (χ1n) is 9.81. The Morgan fingerprint density at radius 1 is 1.34 bits per heavy atom. The summed E-state index contributed by atoms with van der Waals surface area (Å²) in [4.78, 5) is 53.6. The lowest BCUT2D eigenvalue weighted by Crippen LogP contribution is -2.53. The van der Waals surface area contributed by atoms with Crippen LogP contribution in [0.3, 0.4) is 0 Å². The molecule has 0 spiro atoms. The summed E-state index contributed by atoms with van der Waals surface area (Å²) < 4.78 is 5.06. The Labute approximate surface area is 169 Å². The van der Waals surface area contributed by atoms with Crippen molar-refractivity contribution >= 4 is 23.6 Å². The van der Waals surface area contributed by atoms with Gasteiger partial charge in [-0.1, -0.05) is 0 Å². The Hall–Kier alpha value is -2.68. The predicted octanol–water partition coefficient (Wildman–Crippen LogP) is 1.19. The summed E-state index contributed by atoms with van der Waals surface area (Å²) in [5, 5.41) is 12.2. The molecule has 29 heavy (non-hydrogen) atoms. The van der Waals surface area contributed by atoms with Crippen LogP contribution in [0.25, 0.3) is 0 Å². The molecule has 1 aliphatic rings. The topological polar surface area (TPSA) is 129 Å². The van der Waals surface area contributed by atoms with Crippen LogP contribution in [0.15, 0.2) is 6.07 Å². The molecule has 3 N–H and O–H groups in total. The van der Waals surface area contributed by atoms with E-state index < -0.39 is 36.0 Å². The number of hydrogen-bond acceptors (Lipinski definition) is 6. The molecule has 1 aromatic heterocycles. The maximum Gasteiger partial charge on any atom is 0.326 e. The van der Waals surface area contributed by atoms with E-state index >= 15 is 0 Å². The van der Waals surface area contributed by atoms with Crippen molar-refractivity contribution in [3.05, 3.63) is 23.0 Å². The number of rotatable bonds is 9. The number of likely N-dealkylation sites (tertiary alicyclic amines) is 1. The second-order valence-electron chi connectivity index (χ2n) is 7.34. The van der Waals surface area contributed by atoms with E-state index in [0.717, 1.165) is 5.69 Å². The third-order valence-electron chi connectivity index (χ3n) is 5.05. The molecule has 2 rings (SSSR count). The number of aromatic amines is 1. The molecular weight excluding hydrogens is 378 g/mol. The second-order valence-corrected chi connectivity index (χ2v) is 7.34.